The summed E-state index contributed by atoms with van der Waals surface area (Å²) in [6.07, 6.45) is 0.994. The summed E-state index contributed by atoms with van der Waals surface area (Å²) in [5.74, 6) is -0.149. The number of carbonyl (C=O) groups is 1. The highest BCUT2D eigenvalue weighted by atomic mass is 79.9. The van der Waals surface area contributed by atoms with Gasteiger partial charge in [0.25, 0.3) is 5.91 Å². The molecule has 0 spiro atoms. The van der Waals surface area contributed by atoms with Crippen LogP contribution in [0.3, 0.4) is 0 Å². The number of hydrogen-bond acceptors (Lipinski definition) is 5. The standard InChI is InChI=1S/C15H19BrN4OS/c1-3-9(2)19-15-20-13(16)12(22-15)14(21)18-8-10-5-4-6-11(17)7-10/h4-7,9H,3,8,17H2,1-2H3,(H,18,21)(H,19,20)/t9-/m1/s1. The Morgan fingerprint density at radius 1 is 1.50 bits per heavy atom. The van der Waals surface area contributed by atoms with Crippen molar-refractivity contribution in [3.8, 4) is 0 Å². The van der Waals surface area contributed by atoms with Gasteiger partial charge in [-0.25, -0.2) is 4.98 Å². The topological polar surface area (TPSA) is 80.0 Å². The molecule has 0 radical (unpaired) electrons. The van der Waals surface area contributed by atoms with Gasteiger partial charge >= 0.3 is 0 Å². The van der Waals surface area contributed by atoms with Crippen molar-refractivity contribution >= 4 is 44.0 Å². The third-order valence-corrected chi connectivity index (χ3v) is 5.00. The van der Waals surface area contributed by atoms with Gasteiger partial charge in [-0.15, -0.1) is 0 Å². The number of carbonyl (C=O) groups excluding carboxylic acids is 1. The van der Waals surface area contributed by atoms with Crippen LogP contribution in [0.2, 0.25) is 0 Å². The molecule has 0 aliphatic carbocycles. The molecule has 1 aromatic heterocycles. The molecule has 1 atom stereocenters. The van der Waals surface area contributed by atoms with Crippen molar-refractivity contribution in [3.05, 3.63) is 39.3 Å². The average Bonchev–Trinajstić information content (AvgIpc) is 2.85. The van der Waals surface area contributed by atoms with Gasteiger partial charge in [-0.2, -0.15) is 0 Å². The van der Waals surface area contributed by atoms with Gasteiger partial charge in [0.1, 0.15) is 9.48 Å². The first-order valence-corrected chi connectivity index (χ1v) is 8.66. The molecule has 0 saturated carbocycles. The Hall–Kier alpha value is -1.60. The number of amides is 1. The molecule has 0 unspecified atom stereocenters. The second-order valence-electron chi connectivity index (χ2n) is 5.02. The molecule has 7 heteroatoms. The lowest BCUT2D eigenvalue weighted by atomic mass is 10.2. The van der Waals surface area contributed by atoms with Crippen LogP contribution in [0.1, 0.15) is 35.5 Å². The number of aromatic nitrogens is 1. The Bertz CT molecular complexity index is 659. The Morgan fingerprint density at radius 3 is 2.95 bits per heavy atom. The molecule has 5 nitrogen and oxygen atoms in total. The van der Waals surface area contributed by atoms with E-state index < -0.39 is 0 Å². The van der Waals surface area contributed by atoms with E-state index in [2.05, 4.69) is 45.4 Å². The van der Waals surface area contributed by atoms with Crippen LogP contribution in [-0.4, -0.2) is 16.9 Å². The van der Waals surface area contributed by atoms with Gasteiger partial charge < -0.3 is 16.4 Å². The molecular formula is C15H19BrN4OS. The van der Waals surface area contributed by atoms with Crippen LogP contribution in [0, 0.1) is 0 Å². The lowest BCUT2D eigenvalue weighted by Crippen LogP contribution is -2.22. The van der Waals surface area contributed by atoms with Gasteiger partial charge in [0.2, 0.25) is 0 Å². The van der Waals surface area contributed by atoms with E-state index in [1.807, 2.05) is 24.3 Å². The van der Waals surface area contributed by atoms with Crippen LogP contribution in [0.15, 0.2) is 28.9 Å². The number of nitrogens with two attached hydrogens (primary N) is 1. The number of hydrogen-bond donors (Lipinski definition) is 3. The molecule has 1 amide bonds. The Kier molecular flexibility index (Phi) is 5.79. The van der Waals surface area contributed by atoms with E-state index in [0.717, 1.165) is 17.1 Å². The van der Waals surface area contributed by atoms with Crippen LogP contribution in [0.25, 0.3) is 0 Å². The van der Waals surface area contributed by atoms with Crippen LogP contribution in [-0.2, 0) is 6.54 Å². The number of nitrogens with one attached hydrogen (secondary N) is 2. The normalized spacial score (nSPS) is 12.0. The maximum atomic E-state index is 12.3. The molecule has 22 heavy (non-hydrogen) atoms. The minimum atomic E-state index is -0.149. The summed E-state index contributed by atoms with van der Waals surface area (Å²) in [4.78, 5) is 17.2. The van der Waals surface area contributed by atoms with E-state index in [0.29, 0.717) is 27.8 Å². The number of thiazole rings is 1. The molecule has 2 rings (SSSR count). The largest absolute Gasteiger partial charge is 0.399 e. The zero-order valence-electron chi connectivity index (χ0n) is 12.5. The van der Waals surface area contributed by atoms with Gasteiger partial charge in [0.05, 0.1) is 0 Å². The highest BCUT2D eigenvalue weighted by Crippen LogP contribution is 2.28. The SMILES string of the molecule is CC[C@@H](C)Nc1nc(Br)c(C(=O)NCc2cccc(N)c2)s1. The van der Waals surface area contributed by atoms with E-state index in [4.69, 9.17) is 5.73 Å². The number of rotatable bonds is 6. The van der Waals surface area contributed by atoms with E-state index in [9.17, 15) is 4.79 Å². The molecule has 4 N–H and O–H groups in total. The average molecular weight is 383 g/mol. The summed E-state index contributed by atoms with van der Waals surface area (Å²) < 4.78 is 0.563. The summed E-state index contributed by atoms with van der Waals surface area (Å²) in [6, 6.07) is 7.78. The van der Waals surface area contributed by atoms with E-state index in [1.54, 1.807) is 0 Å². The first kappa shape index (κ1) is 16.8. The minimum absolute atomic E-state index is 0.149. The molecule has 0 saturated heterocycles. The summed E-state index contributed by atoms with van der Waals surface area (Å²) in [7, 11) is 0. The molecule has 118 valence electrons. The minimum Gasteiger partial charge on any atom is -0.399 e. The number of nitrogen functional groups attached to an aromatic ring is 1. The van der Waals surface area contributed by atoms with Gasteiger partial charge in [-0.05, 0) is 47.0 Å². The van der Waals surface area contributed by atoms with Crippen molar-refractivity contribution in [1.29, 1.82) is 0 Å². The second kappa shape index (κ2) is 7.60. The number of benzene rings is 1. The highest BCUT2D eigenvalue weighted by molar-refractivity contribution is 9.10. The van der Waals surface area contributed by atoms with E-state index >= 15 is 0 Å². The Labute approximate surface area is 142 Å². The fourth-order valence-corrected chi connectivity index (χ4v) is 3.38. The summed E-state index contributed by atoms with van der Waals surface area (Å²) in [6.45, 7) is 4.61. The second-order valence-corrected chi connectivity index (χ2v) is 6.77. The summed E-state index contributed by atoms with van der Waals surface area (Å²) in [5, 5.41) is 6.90. The molecule has 2 aromatic rings. The van der Waals surface area contributed by atoms with Crippen molar-refractivity contribution in [2.24, 2.45) is 0 Å². The van der Waals surface area contributed by atoms with Crippen molar-refractivity contribution in [2.75, 3.05) is 11.1 Å². The summed E-state index contributed by atoms with van der Waals surface area (Å²) >= 11 is 4.69. The lowest BCUT2D eigenvalue weighted by Gasteiger charge is -2.08. The van der Waals surface area contributed by atoms with E-state index in [-0.39, 0.29) is 5.91 Å². The molecular weight excluding hydrogens is 364 g/mol. The van der Waals surface area contributed by atoms with Crippen molar-refractivity contribution < 1.29 is 4.79 Å². The predicted octanol–water partition coefficient (Wildman–Crippen LogP) is 3.63. The van der Waals surface area contributed by atoms with Crippen molar-refractivity contribution in [1.82, 2.24) is 10.3 Å². The van der Waals surface area contributed by atoms with Gasteiger partial charge in [-0.1, -0.05) is 30.4 Å². The number of halogens is 1. The molecule has 0 fully saturated rings. The maximum absolute atomic E-state index is 12.3. The first-order chi connectivity index (χ1) is 10.5. The van der Waals surface area contributed by atoms with Crippen molar-refractivity contribution in [2.45, 2.75) is 32.9 Å². The van der Waals surface area contributed by atoms with E-state index in [1.165, 1.54) is 11.3 Å². The van der Waals surface area contributed by atoms with Gasteiger partial charge in [0.15, 0.2) is 5.13 Å². The third kappa shape index (κ3) is 4.45. The quantitative estimate of drug-likeness (QED) is 0.666. The molecule has 0 aliphatic heterocycles. The predicted molar refractivity (Wildman–Crippen MR) is 95.2 cm³/mol. The fraction of sp³-hybridized carbons (Fsp3) is 0.333. The van der Waals surface area contributed by atoms with Crippen LogP contribution < -0.4 is 16.4 Å². The molecule has 0 aliphatic rings. The Morgan fingerprint density at radius 2 is 2.27 bits per heavy atom. The fourth-order valence-electron chi connectivity index (χ4n) is 1.78. The number of anilines is 2. The Balaban J connectivity index is 2.00. The van der Waals surface area contributed by atoms with Gasteiger partial charge in [0, 0.05) is 18.3 Å². The van der Waals surface area contributed by atoms with Gasteiger partial charge in [-0.3, -0.25) is 4.79 Å². The van der Waals surface area contributed by atoms with Crippen LogP contribution in [0.4, 0.5) is 10.8 Å². The number of nitrogens with zero attached hydrogens (tertiary/aromatic N) is 1. The zero-order valence-corrected chi connectivity index (χ0v) is 14.9. The smallest absolute Gasteiger partial charge is 0.264 e. The van der Waals surface area contributed by atoms with Crippen LogP contribution >= 0.6 is 27.3 Å². The maximum Gasteiger partial charge on any atom is 0.264 e. The first-order valence-electron chi connectivity index (χ1n) is 7.05. The van der Waals surface area contributed by atoms with Crippen molar-refractivity contribution in [3.63, 3.8) is 0 Å². The zero-order chi connectivity index (χ0) is 16.1. The highest BCUT2D eigenvalue weighted by Gasteiger charge is 2.17. The molecule has 1 aromatic carbocycles. The van der Waals surface area contributed by atoms with Crippen LogP contribution in [0.5, 0.6) is 0 Å². The summed E-state index contributed by atoms with van der Waals surface area (Å²) in [5.41, 5.74) is 7.38. The third-order valence-electron chi connectivity index (χ3n) is 3.18. The lowest BCUT2D eigenvalue weighted by molar-refractivity contribution is 0.0954. The molecule has 0 bridgehead atoms. The molecule has 1 heterocycles. The monoisotopic (exact) mass is 382 g/mol.